The van der Waals surface area contributed by atoms with E-state index in [4.69, 9.17) is 0 Å². The number of hydrogen-bond acceptors (Lipinski definition) is 1. The second kappa shape index (κ2) is 7.34. The summed E-state index contributed by atoms with van der Waals surface area (Å²) >= 11 is 0. The van der Waals surface area contributed by atoms with Crippen LogP contribution >= 0.6 is 0 Å². The largest absolute Gasteiger partial charge is 0.352 e. The molecule has 1 unspecified atom stereocenters. The summed E-state index contributed by atoms with van der Waals surface area (Å²) < 4.78 is 0. The van der Waals surface area contributed by atoms with Gasteiger partial charge in [-0.2, -0.15) is 0 Å². The van der Waals surface area contributed by atoms with Crippen LogP contribution in [0.3, 0.4) is 0 Å². The summed E-state index contributed by atoms with van der Waals surface area (Å²) in [5.74, 6) is 0.810. The molecule has 20 heavy (non-hydrogen) atoms. The van der Waals surface area contributed by atoms with E-state index in [9.17, 15) is 0 Å². The molecule has 1 atom stereocenters. The lowest BCUT2D eigenvalue weighted by Crippen LogP contribution is -2.38. The summed E-state index contributed by atoms with van der Waals surface area (Å²) in [6.07, 6.45) is 0. The highest BCUT2D eigenvalue weighted by Crippen LogP contribution is 2.10. The Bertz CT molecular complexity index is 535. The van der Waals surface area contributed by atoms with Crippen LogP contribution in [0.25, 0.3) is 0 Å². The molecule has 2 rings (SSSR count). The van der Waals surface area contributed by atoms with Crippen molar-refractivity contribution in [3.05, 3.63) is 71.8 Å². The molecule has 0 amide bonds. The lowest BCUT2D eigenvalue weighted by molar-refractivity contribution is 0.685. The molecule has 104 valence electrons. The van der Waals surface area contributed by atoms with E-state index < -0.39 is 0 Å². The van der Waals surface area contributed by atoms with E-state index in [2.05, 4.69) is 46.8 Å². The van der Waals surface area contributed by atoms with Gasteiger partial charge in [0.2, 0.25) is 0 Å². The molecule has 0 spiro atoms. The number of benzene rings is 2. The molecule has 0 fully saturated rings. The highest BCUT2D eigenvalue weighted by atomic mass is 15.2. The van der Waals surface area contributed by atoms with Crippen molar-refractivity contribution in [3.63, 3.8) is 0 Å². The third-order valence-electron chi connectivity index (χ3n) is 3.18. The molecule has 0 aromatic heterocycles. The fourth-order valence-electron chi connectivity index (χ4n) is 2.01. The Morgan fingerprint density at radius 1 is 1.00 bits per heavy atom. The maximum Gasteiger partial charge on any atom is 0.191 e. The second-order valence-electron chi connectivity index (χ2n) is 4.69. The average molecular weight is 267 g/mol. The predicted octanol–water partition coefficient (Wildman–Crippen LogP) is 3.11. The van der Waals surface area contributed by atoms with Crippen molar-refractivity contribution in [2.24, 2.45) is 4.99 Å². The molecular formula is C17H21N3. The zero-order valence-electron chi connectivity index (χ0n) is 12.0. The molecule has 3 heteroatoms. The minimum absolute atomic E-state index is 0.221. The molecule has 0 heterocycles. The Balaban J connectivity index is 1.90. The van der Waals surface area contributed by atoms with Crippen LogP contribution < -0.4 is 10.6 Å². The molecule has 0 bridgehead atoms. The van der Waals surface area contributed by atoms with Crippen molar-refractivity contribution in [1.82, 2.24) is 10.6 Å². The van der Waals surface area contributed by atoms with E-state index in [0.29, 0.717) is 0 Å². The van der Waals surface area contributed by atoms with Crippen molar-refractivity contribution in [1.29, 1.82) is 0 Å². The first-order valence-electron chi connectivity index (χ1n) is 6.85. The molecule has 2 aromatic rings. The Morgan fingerprint density at radius 2 is 1.60 bits per heavy atom. The number of hydrogen-bond donors (Lipinski definition) is 2. The zero-order chi connectivity index (χ0) is 14.2. The van der Waals surface area contributed by atoms with Gasteiger partial charge in [-0.1, -0.05) is 60.7 Å². The predicted molar refractivity (Wildman–Crippen MR) is 84.6 cm³/mol. The first-order valence-corrected chi connectivity index (χ1v) is 6.85. The number of rotatable bonds is 4. The third kappa shape index (κ3) is 4.12. The minimum Gasteiger partial charge on any atom is -0.352 e. The first-order chi connectivity index (χ1) is 9.79. The molecule has 3 nitrogen and oxygen atoms in total. The lowest BCUT2D eigenvalue weighted by Gasteiger charge is -2.18. The fraction of sp³-hybridized carbons (Fsp3) is 0.235. The summed E-state index contributed by atoms with van der Waals surface area (Å²) in [5, 5.41) is 6.72. The Hall–Kier alpha value is -2.29. The summed E-state index contributed by atoms with van der Waals surface area (Å²) in [7, 11) is 1.79. The van der Waals surface area contributed by atoms with E-state index in [1.807, 2.05) is 36.4 Å². The van der Waals surface area contributed by atoms with Gasteiger partial charge < -0.3 is 10.6 Å². The van der Waals surface area contributed by atoms with Gasteiger partial charge in [0.05, 0.1) is 6.04 Å². The quantitative estimate of drug-likeness (QED) is 0.659. The van der Waals surface area contributed by atoms with E-state index in [0.717, 1.165) is 12.5 Å². The molecule has 2 N–H and O–H groups in total. The number of nitrogens with one attached hydrogen (secondary N) is 2. The lowest BCUT2D eigenvalue weighted by atomic mass is 10.1. The molecule has 0 aliphatic rings. The van der Waals surface area contributed by atoms with Gasteiger partial charge >= 0.3 is 0 Å². The van der Waals surface area contributed by atoms with Gasteiger partial charge in [-0.15, -0.1) is 0 Å². The minimum atomic E-state index is 0.221. The molecule has 2 aromatic carbocycles. The number of aliphatic imine (C=N–C) groups is 1. The Morgan fingerprint density at radius 3 is 2.20 bits per heavy atom. The summed E-state index contributed by atoms with van der Waals surface area (Å²) in [6, 6.07) is 20.9. The summed E-state index contributed by atoms with van der Waals surface area (Å²) in [6.45, 7) is 2.90. The first kappa shape index (κ1) is 14.1. The molecule has 0 saturated carbocycles. The van der Waals surface area contributed by atoms with Crippen LogP contribution in [0.5, 0.6) is 0 Å². The van der Waals surface area contributed by atoms with Gasteiger partial charge in [0, 0.05) is 13.6 Å². The summed E-state index contributed by atoms with van der Waals surface area (Å²) in [4.78, 5) is 4.26. The fourth-order valence-corrected chi connectivity index (χ4v) is 2.01. The highest BCUT2D eigenvalue weighted by molar-refractivity contribution is 5.80. The van der Waals surface area contributed by atoms with E-state index in [-0.39, 0.29) is 6.04 Å². The van der Waals surface area contributed by atoms with Crippen molar-refractivity contribution < 1.29 is 0 Å². The van der Waals surface area contributed by atoms with Gasteiger partial charge in [0.1, 0.15) is 0 Å². The monoisotopic (exact) mass is 267 g/mol. The van der Waals surface area contributed by atoms with Crippen molar-refractivity contribution in [2.75, 3.05) is 7.05 Å². The highest BCUT2D eigenvalue weighted by Gasteiger charge is 2.06. The molecular weight excluding hydrogens is 246 g/mol. The molecule has 0 aliphatic heterocycles. The van der Waals surface area contributed by atoms with Crippen LogP contribution in [0.15, 0.2) is 65.7 Å². The van der Waals surface area contributed by atoms with E-state index in [1.165, 1.54) is 11.1 Å². The van der Waals surface area contributed by atoms with Crippen LogP contribution in [0, 0.1) is 0 Å². The third-order valence-corrected chi connectivity index (χ3v) is 3.18. The van der Waals surface area contributed by atoms with Gasteiger partial charge in [-0.05, 0) is 18.1 Å². The zero-order valence-corrected chi connectivity index (χ0v) is 12.0. The topological polar surface area (TPSA) is 36.4 Å². The van der Waals surface area contributed by atoms with Crippen LogP contribution in [-0.2, 0) is 6.54 Å². The van der Waals surface area contributed by atoms with Gasteiger partial charge in [0.25, 0.3) is 0 Å². The number of guanidine groups is 1. The van der Waals surface area contributed by atoms with Crippen LogP contribution in [0.4, 0.5) is 0 Å². The SMILES string of the molecule is CN=C(NCc1ccccc1)NC(C)c1ccccc1. The van der Waals surface area contributed by atoms with Gasteiger partial charge in [0.15, 0.2) is 5.96 Å². The van der Waals surface area contributed by atoms with Crippen molar-refractivity contribution in [2.45, 2.75) is 19.5 Å². The summed E-state index contributed by atoms with van der Waals surface area (Å²) in [5.41, 5.74) is 2.48. The van der Waals surface area contributed by atoms with Gasteiger partial charge in [-0.25, -0.2) is 0 Å². The molecule has 0 radical (unpaired) electrons. The van der Waals surface area contributed by atoms with Crippen molar-refractivity contribution in [3.8, 4) is 0 Å². The normalized spacial score (nSPS) is 12.8. The Kier molecular flexibility index (Phi) is 5.18. The molecule has 0 saturated heterocycles. The maximum atomic E-state index is 4.26. The number of nitrogens with zero attached hydrogens (tertiary/aromatic N) is 1. The maximum absolute atomic E-state index is 4.26. The van der Waals surface area contributed by atoms with Crippen LogP contribution in [-0.4, -0.2) is 13.0 Å². The average Bonchev–Trinajstić information content (AvgIpc) is 2.53. The Labute approximate surface area is 120 Å². The van der Waals surface area contributed by atoms with E-state index in [1.54, 1.807) is 7.05 Å². The van der Waals surface area contributed by atoms with Gasteiger partial charge in [-0.3, -0.25) is 4.99 Å². The van der Waals surface area contributed by atoms with Crippen LogP contribution in [0.1, 0.15) is 24.1 Å². The standard InChI is InChI=1S/C17H21N3/c1-14(16-11-7-4-8-12-16)20-17(18-2)19-13-15-9-5-3-6-10-15/h3-12,14H,13H2,1-2H3,(H2,18,19,20). The van der Waals surface area contributed by atoms with Crippen LogP contribution in [0.2, 0.25) is 0 Å². The van der Waals surface area contributed by atoms with Crippen molar-refractivity contribution >= 4 is 5.96 Å². The molecule has 0 aliphatic carbocycles. The smallest absolute Gasteiger partial charge is 0.191 e. The second-order valence-corrected chi connectivity index (χ2v) is 4.69. The van der Waals surface area contributed by atoms with E-state index >= 15 is 0 Å².